The molecule has 138 valence electrons. The Kier molecular flexibility index (Phi) is 3.89. The van der Waals surface area contributed by atoms with E-state index >= 15 is 0 Å². The molecule has 4 aliphatic rings. The summed E-state index contributed by atoms with van der Waals surface area (Å²) in [6.07, 6.45) is 12.7. The lowest BCUT2D eigenvalue weighted by Gasteiger charge is -2.59. The van der Waals surface area contributed by atoms with E-state index in [-0.39, 0.29) is 11.9 Å². The van der Waals surface area contributed by atoms with Crippen molar-refractivity contribution in [2.45, 2.75) is 57.9 Å². The van der Waals surface area contributed by atoms with Gasteiger partial charge in [0.1, 0.15) is 0 Å². The molecule has 0 spiro atoms. The number of carbonyl (C=O) groups excluding carboxylic acids is 1. The summed E-state index contributed by atoms with van der Waals surface area (Å²) in [7, 11) is 0. The molecule has 4 aliphatic carbocycles. The zero-order valence-electron chi connectivity index (χ0n) is 15.1. The molecule has 1 amide bonds. The van der Waals surface area contributed by atoms with Gasteiger partial charge in [-0.05, 0) is 84.0 Å². The van der Waals surface area contributed by atoms with Crippen molar-refractivity contribution in [1.29, 1.82) is 0 Å². The molecule has 2 aromatic heterocycles. The number of nitrogens with one attached hydrogen (secondary N) is 1. The Labute approximate surface area is 162 Å². The summed E-state index contributed by atoms with van der Waals surface area (Å²) in [5.41, 5.74) is 1.47. The number of hydrogen-bond donors (Lipinski definition) is 1. The van der Waals surface area contributed by atoms with Crippen molar-refractivity contribution in [2.75, 3.05) is 0 Å². The maximum atomic E-state index is 12.9. The van der Waals surface area contributed by atoms with E-state index in [1.807, 2.05) is 6.20 Å². The summed E-state index contributed by atoms with van der Waals surface area (Å²) in [4.78, 5) is 17.2. The maximum Gasteiger partial charge on any atom is 0.272 e. The van der Waals surface area contributed by atoms with E-state index in [2.05, 4.69) is 38.3 Å². The lowest BCUT2D eigenvalue weighted by molar-refractivity contribution is -0.0727. The Bertz CT molecular complexity index is 825. The van der Waals surface area contributed by atoms with E-state index in [0.717, 1.165) is 28.6 Å². The van der Waals surface area contributed by atoms with Gasteiger partial charge in [-0.2, -0.15) is 5.10 Å². The van der Waals surface area contributed by atoms with E-state index < -0.39 is 0 Å². The van der Waals surface area contributed by atoms with Gasteiger partial charge < -0.3 is 5.32 Å². The van der Waals surface area contributed by atoms with Crippen molar-refractivity contribution in [1.82, 2.24) is 19.9 Å². The number of aromatic nitrogens is 3. The van der Waals surface area contributed by atoms with E-state index in [1.165, 1.54) is 38.5 Å². The minimum absolute atomic E-state index is 0.0609. The second-order valence-electron chi connectivity index (χ2n) is 8.82. The molecular weight excluding hydrogens is 392 g/mol. The molecule has 0 unspecified atom stereocenters. The highest BCUT2D eigenvalue weighted by Crippen LogP contribution is 2.61. The number of carbonyl (C=O) groups is 1. The van der Waals surface area contributed by atoms with Crippen LogP contribution in [-0.4, -0.2) is 26.5 Å². The van der Waals surface area contributed by atoms with Gasteiger partial charge in [0.2, 0.25) is 0 Å². The molecule has 0 radical (unpaired) electrons. The van der Waals surface area contributed by atoms with Crippen molar-refractivity contribution >= 4 is 27.5 Å². The van der Waals surface area contributed by atoms with Crippen molar-refractivity contribution in [3.63, 3.8) is 0 Å². The van der Waals surface area contributed by atoms with Gasteiger partial charge in [-0.3, -0.25) is 4.79 Å². The highest BCUT2D eigenvalue weighted by atomic mass is 79.9. The van der Waals surface area contributed by atoms with E-state index in [0.29, 0.717) is 16.8 Å². The zero-order chi connectivity index (χ0) is 17.9. The van der Waals surface area contributed by atoms with Crippen molar-refractivity contribution in [3.05, 3.63) is 28.6 Å². The lowest BCUT2D eigenvalue weighted by Crippen LogP contribution is -2.56. The standard InChI is InChI=1S/C20H25BrN4O/c1-2-17(20-7-12-3-13(8-20)5-14(4-12)9-20)23-19(26)16-6-18-22-10-15(21)11-25(18)24-16/h6,10-14,17H,2-5,7-9H2,1H3,(H,23,26)/t12?,13?,14?,17-,20?/m1/s1. The molecule has 2 aromatic rings. The molecule has 5 nitrogen and oxygen atoms in total. The Hall–Kier alpha value is -1.43. The van der Waals surface area contributed by atoms with Gasteiger partial charge in [-0.25, -0.2) is 9.50 Å². The average molecular weight is 417 g/mol. The van der Waals surface area contributed by atoms with E-state index in [1.54, 1.807) is 16.8 Å². The zero-order valence-corrected chi connectivity index (χ0v) is 16.7. The van der Waals surface area contributed by atoms with E-state index in [9.17, 15) is 4.79 Å². The van der Waals surface area contributed by atoms with Gasteiger partial charge in [0.25, 0.3) is 5.91 Å². The highest BCUT2D eigenvalue weighted by Gasteiger charge is 2.54. The Balaban J connectivity index is 1.39. The predicted molar refractivity (Wildman–Crippen MR) is 103 cm³/mol. The first-order chi connectivity index (χ1) is 12.5. The first kappa shape index (κ1) is 16.7. The molecule has 0 saturated heterocycles. The monoisotopic (exact) mass is 416 g/mol. The van der Waals surface area contributed by atoms with Crippen LogP contribution < -0.4 is 5.32 Å². The van der Waals surface area contributed by atoms with Crippen LogP contribution >= 0.6 is 15.9 Å². The first-order valence-corrected chi connectivity index (χ1v) is 10.7. The summed E-state index contributed by atoms with van der Waals surface area (Å²) in [6.45, 7) is 2.21. The van der Waals surface area contributed by atoms with Crippen LogP contribution in [0.3, 0.4) is 0 Å². The molecule has 0 aliphatic heterocycles. The fraction of sp³-hybridized carbons (Fsp3) is 0.650. The molecule has 2 heterocycles. The van der Waals surface area contributed by atoms with Gasteiger partial charge in [-0.15, -0.1) is 0 Å². The van der Waals surface area contributed by atoms with Gasteiger partial charge in [0, 0.05) is 24.5 Å². The minimum Gasteiger partial charge on any atom is -0.347 e. The van der Waals surface area contributed by atoms with Crippen LogP contribution in [0.15, 0.2) is 22.9 Å². The molecule has 1 N–H and O–H groups in total. The van der Waals surface area contributed by atoms with Crippen LogP contribution in [0.1, 0.15) is 62.4 Å². The van der Waals surface area contributed by atoms with Gasteiger partial charge in [-0.1, -0.05) is 6.92 Å². The van der Waals surface area contributed by atoms with Crippen molar-refractivity contribution < 1.29 is 4.79 Å². The Morgan fingerprint density at radius 2 is 1.96 bits per heavy atom. The Morgan fingerprint density at radius 3 is 2.58 bits per heavy atom. The predicted octanol–water partition coefficient (Wildman–Crippen LogP) is 4.22. The molecule has 0 aromatic carbocycles. The van der Waals surface area contributed by atoms with Crippen LogP contribution in [0.4, 0.5) is 0 Å². The van der Waals surface area contributed by atoms with Crippen LogP contribution in [0.25, 0.3) is 5.65 Å². The number of nitrogens with zero attached hydrogens (tertiary/aromatic N) is 3. The lowest BCUT2D eigenvalue weighted by atomic mass is 9.47. The summed E-state index contributed by atoms with van der Waals surface area (Å²) in [5, 5.41) is 7.78. The summed E-state index contributed by atoms with van der Waals surface area (Å²) in [6, 6.07) is 2.03. The van der Waals surface area contributed by atoms with Crippen LogP contribution in [0.5, 0.6) is 0 Å². The maximum absolute atomic E-state index is 12.9. The largest absolute Gasteiger partial charge is 0.347 e. The first-order valence-electron chi connectivity index (χ1n) is 9.86. The van der Waals surface area contributed by atoms with E-state index in [4.69, 9.17) is 0 Å². The van der Waals surface area contributed by atoms with Crippen molar-refractivity contribution in [2.24, 2.45) is 23.2 Å². The van der Waals surface area contributed by atoms with Crippen LogP contribution in [-0.2, 0) is 0 Å². The van der Waals surface area contributed by atoms with Gasteiger partial charge in [0.15, 0.2) is 11.3 Å². The second-order valence-corrected chi connectivity index (χ2v) is 9.73. The third-order valence-corrected chi connectivity index (χ3v) is 7.46. The quantitative estimate of drug-likeness (QED) is 0.811. The molecular formula is C20H25BrN4O. The smallest absolute Gasteiger partial charge is 0.272 e. The molecule has 6 heteroatoms. The van der Waals surface area contributed by atoms with Crippen LogP contribution in [0.2, 0.25) is 0 Å². The van der Waals surface area contributed by atoms with Crippen molar-refractivity contribution in [3.8, 4) is 0 Å². The minimum atomic E-state index is -0.0609. The molecule has 4 bridgehead atoms. The third-order valence-electron chi connectivity index (χ3n) is 7.05. The average Bonchev–Trinajstić information content (AvgIpc) is 3.01. The number of amides is 1. The third kappa shape index (κ3) is 2.68. The topological polar surface area (TPSA) is 59.3 Å². The Morgan fingerprint density at radius 1 is 1.31 bits per heavy atom. The molecule has 1 atom stereocenters. The SMILES string of the molecule is CC[C@@H](NC(=O)c1cc2ncc(Br)cn2n1)C12CC3CC(CC(C3)C1)C2. The second kappa shape index (κ2) is 6.04. The fourth-order valence-electron chi connectivity index (χ4n) is 6.49. The number of rotatable bonds is 4. The highest BCUT2D eigenvalue weighted by molar-refractivity contribution is 9.10. The van der Waals surface area contributed by atoms with Gasteiger partial charge >= 0.3 is 0 Å². The fourth-order valence-corrected chi connectivity index (χ4v) is 6.79. The van der Waals surface area contributed by atoms with Crippen LogP contribution in [0, 0.1) is 23.2 Å². The number of fused-ring (bicyclic) bond motifs is 1. The van der Waals surface area contributed by atoms with Gasteiger partial charge in [0.05, 0.1) is 4.47 Å². The molecule has 4 fully saturated rings. The number of halogens is 1. The molecule has 4 saturated carbocycles. The number of hydrogen-bond acceptors (Lipinski definition) is 3. The molecule has 6 rings (SSSR count). The normalized spacial score (nSPS) is 33.5. The summed E-state index contributed by atoms with van der Waals surface area (Å²) >= 11 is 3.40. The summed E-state index contributed by atoms with van der Waals surface area (Å²) < 4.78 is 2.50. The molecule has 26 heavy (non-hydrogen) atoms. The summed E-state index contributed by atoms with van der Waals surface area (Å²) in [5.74, 6) is 2.62.